The molecule has 0 fully saturated rings. The van der Waals surface area contributed by atoms with Gasteiger partial charge < -0.3 is 18.9 Å². The van der Waals surface area contributed by atoms with Crippen molar-refractivity contribution in [2.45, 2.75) is 0 Å². The van der Waals surface area contributed by atoms with Gasteiger partial charge in [0.15, 0.2) is 6.61 Å². The summed E-state index contributed by atoms with van der Waals surface area (Å²) in [6, 6.07) is 9.34. The first kappa shape index (κ1) is 18.6. The first-order valence-corrected chi connectivity index (χ1v) is 7.63. The Balaban J connectivity index is 2.15. The summed E-state index contributed by atoms with van der Waals surface area (Å²) in [5, 5.41) is 0.355. The third-order valence-electron chi connectivity index (χ3n) is 3.42. The van der Waals surface area contributed by atoms with E-state index in [0.29, 0.717) is 22.3 Å². The third kappa shape index (κ3) is 4.42. The van der Waals surface area contributed by atoms with Crippen molar-refractivity contribution in [3.63, 3.8) is 0 Å². The predicted molar refractivity (Wildman–Crippen MR) is 92.2 cm³/mol. The predicted octanol–water partition coefficient (Wildman–Crippen LogP) is 3.41. The molecule has 25 heavy (non-hydrogen) atoms. The average Bonchev–Trinajstić information content (AvgIpc) is 2.65. The lowest BCUT2D eigenvalue weighted by Gasteiger charge is -2.11. The van der Waals surface area contributed by atoms with Crippen molar-refractivity contribution < 1.29 is 28.5 Å². The van der Waals surface area contributed by atoms with Gasteiger partial charge in [-0.05, 0) is 36.4 Å². The summed E-state index contributed by atoms with van der Waals surface area (Å²) in [6.07, 6.45) is 0. The molecule has 0 aromatic heterocycles. The van der Waals surface area contributed by atoms with Crippen LogP contribution in [0.15, 0.2) is 36.4 Å². The molecular formula is C18H17ClO6. The van der Waals surface area contributed by atoms with E-state index in [1.165, 1.54) is 33.5 Å². The Bertz CT molecular complexity index is 787. The molecule has 0 aliphatic rings. The molecule has 0 spiro atoms. The highest BCUT2D eigenvalue weighted by molar-refractivity contribution is 6.31. The molecule has 0 aliphatic carbocycles. The Kier molecular flexibility index (Phi) is 6.25. The lowest BCUT2D eigenvalue weighted by molar-refractivity contribution is 0.0470. The van der Waals surface area contributed by atoms with Gasteiger partial charge in [-0.15, -0.1) is 0 Å². The molecule has 2 rings (SSSR count). The molecule has 0 atom stereocenters. The Labute approximate surface area is 150 Å². The topological polar surface area (TPSA) is 71.1 Å². The Morgan fingerprint density at radius 2 is 1.52 bits per heavy atom. The summed E-state index contributed by atoms with van der Waals surface area (Å²) in [5.41, 5.74) is 0.396. The SMILES string of the molecule is COc1ccc(OC)c(C(=O)COC(=O)c2cc(Cl)ccc2OC)c1. The van der Waals surface area contributed by atoms with Gasteiger partial charge in [0.05, 0.1) is 26.9 Å². The van der Waals surface area contributed by atoms with E-state index in [9.17, 15) is 9.59 Å². The summed E-state index contributed by atoms with van der Waals surface area (Å²) in [6.45, 7) is -0.460. The van der Waals surface area contributed by atoms with E-state index in [0.717, 1.165) is 0 Å². The van der Waals surface area contributed by atoms with Gasteiger partial charge in [0.2, 0.25) is 5.78 Å². The largest absolute Gasteiger partial charge is 0.497 e. The molecule has 0 saturated carbocycles. The highest BCUT2D eigenvalue weighted by Gasteiger charge is 2.19. The molecule has 7 heteroatoms. The van der Waals surface area contributed by atoms with Crippen molar-refractivity contribution in [2.75, 3.05) is 27.9 Å². The quantitative estimate of drug-likeness (QED) is 0.554. The van der Waals surface area contributed by atoms with Crippen LogP contribution in [0.4, 0.5) is 0 Å². The third-order valence-corrected chi connectivity index (χ3v) is 3.66. The first-order valence-electron chi connectivity index (χ1n) is 7.26. The van der Waals surface area contributed by atoms with Crippen molar-refractivity contribution in [1.82, 2.24) is 0 Å². The maximum atomic E-state index is 12.4. The van der Waals surface area contributed by atoms with Crippen molar-refractivity contribution in [2.24, 2.45) is 0 Å². The number of hydrogen-bond donors (Lipinski definition) is 0. The molecular weight excluding hydrogens is 348 g/mol. The summed E-state index contributed by atoms with van der Waals surface area (Å²) in [4.78, 5) is 24.6. The van der Waals surface area contributed by atoms with Crippen molar-refractivity contribution in [3.05, 3.63) is 52.5 Å². The summed E-state index contributed by atoms with van der Waals surface area (Å²) < 4.78 is 20.4. The fourth-order valence-corrected chi connectivity index (χ4v) is 2.33. The van der Waals surface area contributed by atoms with Crippen LogP contribution in [0.25, 0.3) is 0 Å². The molecule has 2 aromatic carbocycles. The summed E-state index contributed by atoms with van der Waals surface area (Å²) in [5.74, 6) is 0.0228. The van der Waals surface area contributed by atoms with Gasteiger partial charge >= 0.3 is 5.97 Å². The van der Waals surface area contributed by atoms with Crippen LogP contribution in [0, 0.1) is 0 Å². The van der Waals surface area contributed by atoms with Gasteiger partial charge in [0.25, 0.3) is 0 Å². The van der Waals surface area contributed by atoms with E-state index in [1.54, 1.807) is 24.3 Å². The number of carbonyl (C=O) groups is 2. The maximum Gasteiger partial charge on any atom is 0.342 e. The van der Waals surface area contributed by atoms with E-state index < -0.39 is 18.4 Å². The number of benzene rings is 2. The summed E-state index contributed by atoms with van der Waals surface area (Å²) in [7, 11) is 4.36. The van der Waals surface area contributed by atoms with Gasteiger partial charge in [-0.3, -0.25) is 4.79 Å². The number of ether oxygens (including phenoxy) is 4. The van der Waals surface area contributed by atoms with E-state index in [1.807, 2.05) is 0 Å². The second kappa shape index (κ2) is 8.39. The summed E-state index contributed by atoms with van der Waals surface area (Å²) >= 11 is 5.89. The van der Waals surface area contributed by atoms with Crippen molar-refractivity contribution >= 4 is 23.4 Å². The van der Waals surface area contributed by atoms with E-state index >= 15 is 0 Å². The Morgan fingerprint density at radius 1 is 0.880 bits per heavy atom. The molecule has 0 radical (unpaired) electrons. The number of methoxy groups -OCH3 is 3. The number of Topliss-reactive ketones (excluding diaryl/α,β-unsaturated/α-hetero) is 1. The Hall–Kier alpha value is -2.73. The normalized spacial score (nSPS) is 10.1. The van der Waals surface area contributed by atoms with Gasteiger partial charge in [0.1, 0.15) is 22.8 Å². The zero-order chi connectivity index (χ0) is 18.4. The van der Waals surface area contributed by atoms with Crippen LogP contribution >= 0.6 is 11.6 Å². The van der Waals surface area contributed by atoms with Crippen LogP contribution in [-0.2, 0) is 4.74 Å². The van der Waals surface area contributed by atoms with Crippen LogP contribution in [0.1, 0.15) is 20.7 Å². The molecule has 0 N–H and O–H groups in total. The lowest BCUT2D eigenvalue weighted by Crippen LogP contribution is -2.15. The standard InChI is InChI=1S/C18H17ClO6/c1-22-12-5-7-16(23-2)13(9-12)15(20)10-25-18(21)14-8-11(19)4-6-17(14)24-3/h4-9H,10H2,1-3H3. The number of esters is 1. The van der Waals surface area contributed by atoms with Gasteiger partial charge in [0, 0.05) is 5.02 Å². The van der Waals surface area contributed by atoms with Crippen LogP contribution < -0.4 is 14.2 Å². The molecule has 2 aromatic rings. The van der Waals surface area contributed by atoms with Crippen molar-refractivity contribution in [1.29, 1.82) is 0 Å². The van der Waals surface area contributed by atoms with E-state index in [-0.39, 0.29) is 11.1 Å². The minimum atomic E-state index is -0.713. The minimum Gasteiger partial charge on any atom is -0.497 e. The highest BCUT2D eigenvalue weighted by atomic mass is 35.5. The maximum absolute atomic E-state index is 12.4. The van der Waals surface area contributed by atoms with Gasteiger partial charge in [-0.25, -0.2) is 4.79 Å². The fraction of sp³-hybridized carbons (Fsp3) is 0.222. The number of halogens is 1. The van der Waals surface area contributed by atoms with Crippen LogP contribution in [0.3, 0.4) is 0 Å². The number of hydrogen-bond acceptors (Lipinski definition) is 6. The molecule has 0 amide bonds. The van der Waals surface area contributed by atoms with E-state index in [2.05, 4.69) is 0 Å². The number of rotatable bonds is 7. The monoisotopic (exact) mass is 364 g/mol. The zero-order valence-electron chi connectivity index (χ0n) is 14.0. The van der Waals surface area contributed by atoms with Gasteiger partial charge in [-0.2, -0.15) is 0 Å². The van der Waals surface area contributed by atoms with Crippen LogP contribution in [0.2, 0.25) is 5.02 Å². The average molecular weight is 365 g/mol. The van der Waals surface area contributed by atoms with Gasteiger partial charge in [-0.1, -0.05) is 11.6 Å². The first-order chi connectivity index (χ1) is 12.0. The second-order valence-corrected chi connectivity index (χ2v) is 5.35. The zero-order valence-corrected chi connectivity index (χ0v) is 14.8. The molecule has 6 nitrogen and oxygen atoms in total. The molecule has 0 heterocycles. The molecule has 0 aliphatic heterocycles. The molecule has 0 bridgehead atoms. The van der Waals surface area contributed by atoms with Crippen molar-refractivity contribution in [3.8, 4) is 17.2 Å². The lowest BCUT2D eigenvalue weighted by atomic mass is 10.1. The fourth-order valence-electron chi connectivity index (χ4n) is 2.16. The molecule has 0 unspecified atom stereocenters. The smallest absolute Gasteiger partial charge is 0.342 e. The Morgan fingerprint density at radius 3 is 2.16 bits per heavy atom. The van der Waals surface area contributed by atoms with Crippen LogP contribution in [0.5, 0.6) is 17.2 Å². The second-order valence-electron chi connectivity index (χ2n) is 4.91. The highest BCUT2D eigenvalue weighted by Crippen LogP contribution is 2.26. The number of carbonyl (C=O) groups excluding carboxylic acids is 2. The van der Waals surface area contributed by atoms with Crippen LogP contribution in [-0.4, -0.2) is 39.7 Å². The molecule has 132 valence electrons. The molecule has 0 saturated heterocycles. The minimum absolute atomic E-state index is 0.139. The number of ketones is 1. The van der Waals surface area contributed by atoms with E-state index in [4.69, 9.17) is 30.5 Å².